The molecule has 100 valence electrons. The van der Waals surface area contributed by atoms with Gasteiger partial charge < -0.3 is 5.32 Å². The summed E-state index contributed by atoms with van der Waals surface area (Å²) >= 11 is 11.8. The molecule has 0 aliphatic heterocycles. The number of aryl methyl sites for hydroxylation is 1. The van der Waals surface area contributed by atoms with Crippen LogP contribution in [0.1, 0.15) is 11.1 Å². The van der Waals surface area contributed by atoms with Crippen molar-refractivity contribution in [3.63, 3.8) is 0 Å². The molecule has 0 saturated heterocycles. The maximum absolute atomic E-state index is 13.1. The lowest BCUT2D eigenvalue weighted by Crippen LogP contribution is -2.02. The van der Waals surface area contributed by atoms with Crippen molar-refractivity contribution in [2.75, 3.05) is 5.32 Å². The zero-order chi connectivity index (χ0) is 14.0. The molecule has 0 radical (unpaired) electrons. The van der Waals surface area contributed by atoms with E-state index in [1.54, 1.807) is 19.1 Å². The lowest BCUT2D eigenvalue weighted by atomic mass is 10.1. The second-order valence-electron chi connectivity index (χ2n) is 4.18. The van der Waals surface area contributed by atoms with Crippen LogP contribution in [0, 0.1) is 18.6 Å². The maximum Gasteiger partial charge on any atom is 0.126 e. The molecule has 0 fully saturated rings. The van der Waals surface area contributed by atoms with Crippen LogP contribution in [0.3, 0.4) is 0 Å². The van der Waals surface area contributed by atoms with Gasteiger partial charge in [-0.25, -0.2) is 8.78 Å². The first-order valence-electron chi connectivity index (χ1n) is 5.61. The Labute approximate surface area is 120 Å². The molecule has 0 aliphatic rings. The highest BCUT2D eigenvalue weighted by Gasteiger charge is 2.08. The fourth-order valence-corrected chi connectivity index (χ4v) is 2.31. The van der Waals surface area contributed by atoms with E-state index in [0.29, 0.717) is 17.8 Å². The van der Waals surface area contributed by atoms with E-state index >= 15 is 0 Å². The topological polar surface area (TPSA) is 12.0 Å². The van der Waals surface area contributed by atoms with Crippen LogP contribution in [0.2, 0.25) is 10.0 Å². The highest BCUT2D eigenvalue weighted by Crippen LogP contribution is 2.31. The molecule has 19 heavy (non-hydrogen) atoms. The smallest absolute Gasteiger partial charge is 0.126 e. The summed E-state index contributed by atoms with van der Waals surface area (Å²) in [6.07, 6.45) is 0. The molecule has 0 saturated carbocycles. The molecule has 1 nitrogen and oxygen atoms in total. The average molecular weight is 302 g/mol. The predicted molar refractivity (Wildman–Crippen MR) is 74.9 cm³/mol. The van der Waals surface area contributed by atoms with Crippen molar-refractivity contribution in [2.45, 2.75) is 13.5 Å². The number of halogens is 4. The molecular formula is C14H11Cl2F2N. The van der Waals surface area contributed by atoms with Gasteiger partial charge in [0.05, 0.1) is 15.7 Å². The molecule has 2 aromatic carbocycles. The summed E-state index contributed by atoms with van der Waals surface area (Å²) in [5.74, 6) is -0.736. The third-order valence-electron chi connectivity index (χ3n) is 2.70. The summed E-state index contributed by atoms with van der Waals surface area (Å²) in [5, 5.41) is 3.44. The first-order chi connectivity index (χ1) is 8.97. The van der Waals surface area contributed by atoms with E-state index in [9.17, 15) is 8.78 Å². The van der Waals surface area contributed by atoms with E-state index in [4.69, 9.17) is 23.2 Å². The Morgan fingerprint density at radius 3 is 2.26 bits per heavy atom. The van der Waals surface area contributed by atoms with Crippen molar-refractivity contribution >= 4 is 28.9 Å². The molecule has 1 N–H and O–H groups in total. The van der Waals surface area contributed by atoms with Crippen LogP contribution in [-0.2, 0) is 6.54 Å². The lowest BCUT2D eigenvalue weighted by Gasteiger charge is -2.11. The Bertz CT molecular complexity index is 591. The predicted octanol–water partition coefficient (Wildman–Crippen LogP) is 5.19. The van der Waals surface area contributed by atoms with Crippen LogP contribution in [-0.4, -0.2) is 0 Å². The van der Waals surface area contributed by atoms with Crippen LogP contribution < -0.4 is 5.32 Å². The molecule has 0 aromatic heterocycles. The van der Waals surface area contributed by atoms with E-state index in [-0.39, 0.29) is 15.9 Å². The number of hydrogen-bond acceptors (Lipinski definition) is 1. The fraction of sp³-hybridized carbons (Fsp3) is 0.143. The second kappa shape index (κ2) is 5.76. The summed E-state index contributed by atoms with van der Waals surface area (Å²) in [4.78, 5) is 0. The quantitative estimate of drug-likeness (QED) is 0.822. The summed E-state index contributed by atoms with van der Waals surface area (Å²) < 4.78 is 26.2. The zero-order valence-electron chi connectivity index (χ0n) is 10.1. The molecule has 0 spiro atoms. The van der Waals surface area contributed by atoms with Gasteiger partial charge in [0.1, 0.15) is 11.6 Å². The summed E-state index contributed by atoms with van der Waals surface area (Å²) in [5.41, 5.74) is 1.91. The maximum atomic E-state index is 13.1. The average Bonchev–Trinajstić information content (AvgIpc) is 2.32. The number of hydrogen-bond donors (Lipinski definition) is 1. The van der Waals surface area contributed by atoms with Gasteiger partial charge in [-0.3, -0.25) is 0 Å². The Kier molecular flexibility index (Phi) is 4.27. The number of rotatable bonds is 3. The Balaban J connectivity index is 2.16. The largest absolute Gasteiger partial charge is 0.379 e. The van der Waals surface area contributed by atoms with Crippen molar-refractivity contribution in [3.05, 3.63) is 63.1 Å². The minimum Gasteiger partial charge on any atom is -0.379 e. The van der Waals surface area contributed by atoms with E-state index < -0.39 is 5.82 Å². The van der Waals surface area contributed by atoms with Crippen molar-refractivity contribution in [1.82, 2.24) is 0 Å². The third kappa shape index (κ3) is 3.37. The van der Waals surface area contributed by atoms with Gasteiger partial charge in [0, 0.05) is 6.54 Å². The molecule has 0 bridgehead atoms. The van der Waals surface area contributed by atoms with E-state index in [0.717, 1.165) is 5.56 Å². The normalized spacial score (nSPS) is 10.6. The van der Waals surface area contributed by atoms with Gasteiger partial charge >= 0.3 is 0 Å². The summed E-state index contributed by atoms with van der Waals surface area (Å²) in [6.45, 7) is 2.11. The molecule has 0 amide bonds. The van der Waals surface area contributed by atoms with Gasteiger partial charge in [0.25, 0.3) is 0 Å². The van der Waals surface area contributed by atoms with Gasteiger partial charge in [-0.1, -0.05) is 35.3 Å². The highest BCUT2D eigenvalue weighted by molar-refractivity contribution is 6.39. The Hall–Kier alpha value is -1.32. The van der Waals surface area contributed by atoms with Crippen molar-refractivity contribution in [2.24, 2.45) is 0 Å². The van der Waals surface area contributed by atoms with Gasteiger partial charge in [-0.05, 0) is 36.2 Å². The zero-order valence-corrected chi connectivity index (χ0v) is 11.6. The molecule has 5 heteroatoms. The van der Waals surface area contributed by atoms with Crippen molar-refractivity contribution in [3.8, 4) is 0 Å². The van der Waals surface area contributed by atoms with Crippen LogP contribution in [0.25, 0.3) is 0 Å². The molecule has 0 aliphatic carbocycles. The monoisotopic (exact) mass is 301 g/mol. The molecule has 0 atom stereocenters. The summed E-state index contributed by atoms with van der Waals surface area (Å²) in [7, 11) is 0. The first-order valence-corrected chi connectivity index (χ1v) is 6.36. The molecular weight excluding hydrogens is 291 g/mol. The lowest BCUT2D eigenvalue weighted by molar-refractivity contribution is 0.617. The van der Waals surface area contributed by atoms with Crippen molar-refractivity contribution in [1.29, 1.82) is 0 Å². The standard InChI is InChI=1S/C14H11Cl2F2N/c1-8-4-9(2-3-13(8)18)7-19-14-11(15)5-10(17)6-12(14)16/h2-6,19H,7H2,1H3. The molecule has 0 heterocycles. The Morgan fingerprint density at radius 1 is 1.05 bits per heavy atom. The third-order valence-corrected chi connectivity index (χ3v) is 3.29. The number of nitrogens with one attached hydrogen (secondary N) is 1. The van der Waals surface area contributed by atoms with E-state index in [1.807, 2.05) is 0 Å². The fourth-order valence-electron chi connectivity index (χ4n) is 1.72. The SMILES string of the molecule is Cc1cc(CNc2c(Cl)cc(F)cc2Cl)ccc1F. The number of anilines is 1. The van der Waals surface area contributed by atoms with Crippen LogP contribution in [0.4, 0.5) is 14.5 Å². The van der Waals surface area contributed by atoms with Gasteiger partial charge in [-0.2, -0.15) is 0 Å². The van der Waals surface area contributed by atoms with Crippen LogP contribution in [0.15, 0.2) is 30.3 Å². The minimum absolute atomic E-state index is 0.212. The van der Waals surface area contributed by atoms with Gasteiger partial charge in [0.2, 0.25) is 0 Å². The number of benzene rings is 2. The molecule has 2 aromatic rings. The highest BCUT2D eigenvalue weighted by atomic mass is 35.5. The van der Waals surface area contributed by atoms with Gasteiger partial charge in [0.15, 0.2) is 0 Å². The van der Waals surface area contributed by atoms with Gasteiger partial charge in [-0.15, -0.1) is 0 Å². The van der Waals surface area contributed by atoms with Crippen LogP contribution in [0.5, 0.6) is 0 Å². The Morgan fingerprint density at radius 2 is 1.68 bits per heavy atom. The summed E-state index contributed by atoms with van der Waals surface area (Å²) in [6, 6.07) is 7.17. The van der Waals surface area contributed by atoms with Crippen molar-refractivity contribution < 1.29 is 8.78 Å². The minimum atomic E-state index is -0.488. The van der Waals surface area contributed by atoms with E-state index in [2.05, 4.69) is 5.32 Å². The second-order valence-corrected chi connectivity index (χ2v) is 5.00. The van der Waals surface area contributed by atoms with Crippen LogP contribution >= 0.6 is 23.2 Å². The first kappa shape index (κ1) is 14.1. The molecule has 0 unspecified atom stereocenters. The molecule has 2 rings (SSSR count). The van der Waals surface area contributed by atoms with E-state index in [1.165, 1.54) is 18.2 Å².